The molecule has 0 fully saturated rings. The number of rotatable bonds is 6. The molecule has 1 aromatic carbocycles. The highest BCUT2D eigenvalue weighted by Gasteiger charge is 2.14. The first-order chi connectivity index (χ1) is 9.60. The molecule has 20 heavy (non-hydrogen) atoms. The van der Waals surface area contributed by atoms with Crippen LogP contribution in [0.4, 0.5) is 11.4 Å². The van der Waals surface area contributed by atoms with Crippen molar-refractivity contribution < 1.29 is 4.92 Å². The van der Waals surface area contributed by atoms with Crippen LogP contribution in [0.25, 0.3) is 0 Å². The van der Waals surface area contributed by atoms with Crippen LogP contribution in [0.2, 0.25) is 0 Å². The lowest BCUT2D eigenvalue weighted by Gasteiger charge is -2.06. The van der Waals surface area contributed by atoms with Gasteiger partial charge in [0.25, 0.3) is 5.69 Å². The van der Waals surface area contributed by atoms with Crippen LogP contribution in [0.3, 0.4) is 0 Å². The first-order valence-corrected chi connectivity index (χ1v) is 7.11. The predicted molar refractivity (Wildman–Crippen MR) is 77.9 cm³/mol. The van der Waals surface area contributed by atoms with Crippen LogP contribution in [0.5, 0.6) is 0 Å². The number of benzene rings is 1. The number of aryl methyl sites for hydroxylation is 1. The van der Waals surface area contributed by atoms with Gasteiger partial charge in [0.05, 0.1) is 4.92 Å². The highest BCUT2D eigenvalue weighted by Crippen LogP contribution is 2.28. The predicted octanol–water partition coefficient (Wildman–Crippen LogP) is 2.75. The standard InChI is InChI=1S/C12H15N5O2S/c1-3-13-10-5-4-9(6-11(10)17(18)19)7-20-12-14-8(2)15-16-12/h4-6,13H,3,7H2,1-2H3,(H,14,15,16). The van der Waals surface area contributed by atoms with Crippen molar-refractivity contribution in [3.05, 3.63) is 39.7 Å². The summed E-state index contributed by atoms with van der Waals surface area (Å²) in [6.07, 6.45) is 0. The smallest absolute Gasteiger partial charge is 0.292 e. The Morgan fingerprint density at radius 2 is 2.30 bits per heavy atom. The van der Waals surface area contributed by atoms with Crippen LogP contribution >= 0.6 is 11.8 Å². The Hall–Kier alpha value is -2.09. The number of hydrogen-bond acceptors (Lipinski definition) is 6. The first kappa shape index (κ1) is 14.3. The van der Waals surface area contributed by atoms with E-state index >= 15 is 0 Å². The lowest BCUT2D eigenvalue weighted by atomic mass is 10.2. The molecule has 0 atom stereocenters. The maximum atomic E-state index is 11.1. The second-order valence-corrected chi connectivity index (χ2v) is 5.07. The topological polar surface area (TPSA) is 96.7 Å². The van der Waals surface area contributed by atoms with Gasteiger partial charge in [0.2, 0.25) is 5.16 Å². The highest BCUT2D eigenvalue weighted by molar-refractivity contribution is 7.98. The van der Waals surface area contributed by atoms with Crippen LogP contribution in [0.15, 0.2) is 23.4 Å². The highest BCUT2D eigenvalue weighted by atomic mass is 32.2. The minimum Gasteiger partial charge on any atom is -0.380 e. The molecule has 0 amide bonds. The number of aromatic nitrogens is 3. The molecule has 0 radical (unpaired) electrons. The van der Waals surface area contributed by atoms with E-state index in [1.165, 1.54) is 11.8 Å². The molecule has 0 spiro atoms. The zero-order valence-electron chi connectivity index (χ0n) is 11.2. The molecule has 106 valence electrons. The van der Waals surface area contributed by atoms with Crippen LogP contribution < -0.4 is 5.32 Å². The van der Waals surface area contributed by atoms with Crippen LogP contribution in [-0.2, 0) is 5.75 Å². The van der Waals surface area contributed by atoms with Gasteiger partial charge in [-0.1, -0.05) is 17.8 Å². The monoisotopic (exact) mass is 293 g/mol. The van der Waals surface area contributed by atoms with Gasteiger partial charge in [-0.05, 0) is 25.5 Å². The quantitative estimate of drug-likeness (QED) is 0.483. The molecule has 1 aromatic heterocycles. The molecular formula is C12H15N5O2S. The lowest BCUT2D eigenvalue weighted by Crippen LogP contribution is -2.01. The van der Waals surface area contributed by atoms with E-state index < -0.39 is 0 Å². The summed E-state index contributed by atoms with van der Waals surface area (Å²) >= 11 is 1.44. The summed E-state index contributed by atoms with van der Waals surface area (Å²) in [4.78, 5) is 14.9. The summed E-state index contributed by atoms with van der Waals surface area (Å²) in [5.74, 6) is 1.34. The number of anilines is 1. The Bertz CT molecular complexity index is 614. The van der Waals surface area contributed by atoms with E-state index in [0.717, 1.165) is 11.4 Å². The Labute approximate surface area is 120 Å². The van der Waals surface area contributed by atoms with E-state index in [1.54, 1.807) is 12.1 Å². The molecular weight excluding hydrogens is 278 g/mol. The van der Waals surface area contributed by atoms with Crippen LogP contribution in [0.1, 0.15) is 18.3 Å². The van der Waals surface area contributed by atoms with E-state index in [9.17, 15) is 10.1 Å². The summed E-state index contributed by atoms with van der Waals surface area (Å²) < 4.78 is 0. The molecule has 1 heterocycles. The Kier molecular flexibility index (Phi) is 4.57. The summed E-state index contributed by atoms with van der Waals surface area (Å²) in [5.41, 5.74) is 1.50. The molecule has 0 bridgehead atoms. The van der Waals surface area contributed by atoms with Gasteiger partial charge in [-0.2, -0.15) is 0 Å². The lowest BCUT2D eigenvalue weighted by molar-refractivity contribution is -0.384. The fourth-order valence-corrected chi connectivity index (χ4v) is 2.48. The average Bonchev–Trinajstić information content (AvgIpc) is 2.83. The minimum atomic E-state index is -0.372. The third kappa shape index (κ3) is 3.47. The minimum absolute atomic E-state index is 0.0936. The van der Waals surface area contributed by atoms with Crippen molar-refractivity contribution in [2.45, 2.75) is 24.8 Å². The zero-order chi connectivity index (χ0) is 14.5. The van der Waals surface area contributed by atoms with Crippen molar-refractivity contribution in [3.8, 4) is 0 Å². The van der Waals surface area contributed by atoms with Crippen LogP contribution in [0, 0.1) is 17.0 Å². The molecule has 2 aromatic rings. The zero-order valence-corrected chi connectivity index (χ0v) is 12.0. The van der Waals surface area contributed by atoms with Gasteiger partial charge >= 0.3 is 0 Å². The van der Waals surface area contributed by atoms with Gasteiger partial charge in [-0.15, -0.1) is 5.10 Å². The molecule has 0 aliphatic carbocycles. The number of hydrogen-bond donors (Lipinski definition) is 2. The van der Waals surface area contributed by atoms with Crippen molar-refractivity contribution in [2.75, 3.05) is 11.9 Å². The second kappa shape index (κ2) is 6.38. The third-order valence-electron chi connectivity index (χ3n) is 2.57. The van der Waals surface area contributed by atoms with Crippen molar-refractivity contribution >= 4 is 23.1 Å². The van der Waals surface area contributed by atoms with Crippen molar-refractivity contribution in [3.63, 3.8) is 0 Å². The number of H-pyrrole nitrogens is 1. The van der Waals surface area contributed by atoms with Crippen molar-refractivity contribution in [1.29, 1.82) is 0 Å². The normalized spacial score (nSPS) is 10.5. The van der Waals surface area contributed by atoms with E-state index in [0.29, 0.717) is 23.1 Å². The maximum absolute atomic E-state index is 11.1. The van der Waals surface area contributed by atoms with Gasteiger partial charge in [0.1, 0.15) is 11.5 Å². The molecule has 0 aliphatic heterocycles. The SMILES string of the molecule is CCNc1ccc(CSc2n[nH]c(C)n2)cc1[N+](=O)[O-]. The molecule has 8 heteroatoms. The number of nitrogens with one attached hydrogen (secondary N) is 2. The molecule has 0 unspecified atom stereocenters. The molecule has 2 N–H and O–H groups in total. The number of thioether (sulfide) groups is 1. The van der Waals surface area contributed by atoms with E-state index in [4.69, 9.17) is 0 Å². The van der Waals surface area contributed by atoms with Gasteiger partial charge in [0.15, 0.2) is 0 Å². The average molecular weight is 293 g/mol. The Morgan fingerprint density at radius 1 is 1.50 bits per heavy atom. The molecule has 0 aliphatic rings. The number of nitrogens with zero attached hydrogens (tertiary/aromatic N) is 3. The number of nitro groups is 1. The van der Waals surface area contributed by atoms with Gasteiger partial charge in [-0.25, -0.2) is 4.98 Å². The van der Waals surface area contributed by atoms with E-state index in [2.05, 4.69) is 20.5 Å². The number of nitro benzene ring substituents is 1. The molecule has 0 saturated heterocycles. The summed E-state index contributed by atoms with van der Waals surface area (Å²) in [5, 5.41) is 21.5. The first-order valence-electron chi connectivity index (χ1n) is 6.13. The second-order valence-electron chi connectivity index (χ2n) is 4.13. The maximum Gasteiger partial charge on any atom is 0.292 e. The summed E-state index contributed by atoms with van der Waals surface area (Å²) in [7, 11) is 0. The summed E-state index contributed by atoms with van der Waals surface area (Å²) in [6, 6.07) is 5.20. The van der Waals surface area contributed by atoms with Gasteiger partial charge < -0.3 is 5.32 Å². The Morgan fingerprint density at radius 3 is 2.90 bits per heavy atom. The van der Waals surface area contributed by atoms with E-state index in [-0.39, 0.29) is 10.6 Å². The van der Waals surface area contributed by atoms with Gasteiger partial charge in [-0.3, -0.25) is 15.2 Å². The van der Waals surface area contributed by atoms with E-state index in [1.807, 2.05) is 19.9 Å². The Balaban J connectivity index is 2.12. The number of aromatic amines is 1. The van der Waals surface area contributed by atoms with Crippen LogP contribution in [-0.4, -0.2) is 26.6 Å². The van der Waals surface area contributed by atoms with Gasteiger partial charge in [0, 0.05) is 18.4 Å². The molecule has 2 rings (SSSR count). The van der Waals surface area contributed by atoms with Crippen molar-refractivity contribution in [1.82, 2.24) is 15.2 Å². The van der Waals surface area contributed by atoms with Crippen molar-refractivity contribution in [2.24, 2.45) is 0 Å². The molecule has 7 nitrogen and oxygen atoms in total. The summed E-state index contributed by atoms with van der Waals surface area (Å²) in [6.45, 7) is 4.37. The third-order valence-corrected chi connectivity index (χ3v) is 3.49. The largest absolute Gasteiger partial charge is 0.380 e. The molecule has 0 saturated carbocycles. The fraction of sp³-hybridized carbons (Fsp3) is 0.333. The fourth-order valence-electron chi connectivity index (χ4n) is 1.69.